The Labute approximate surface area is 150 Å². The second-order valence-corrected chi connectivity index (χ2v) is 6.57. The van der Waals surface area contributed by atoms with Gasteiger partial charge in [-0.05, 0) is 32.4 Å². The van der Waals surface area contributed by atoms with Gasteiger partial charge in [-0.1, -0.05) is 0 Å². The number of aryl methyl sites for hydroxylation is 2. The Morgan fingerprint density at radius 1 is 1.15 bits per heavy atom. The number of pyridine rings is 1. The lowest BCUT2D eigenvalue weighted by Gasteiger charge is -2.24. The van der Waals surface area contributed by atoms with Crippen molar-refractivity contribution in [3.05, 3.63) is 56.1 Å². The smallest absolute Gasteiger partial charge is 0.325 e. The first-order valence-electron chi connectivity index (χ1n) is 8.71. The second kappa shape index (κ2) is 7.55. The fourth-order valence-electron chi connectivity index (χ4n) is 3.25. The molecule has 3 rings (SSSR count). The van der Waals surface area contributed by atoms with Crippen LogP contribution in [0.5, 0.6) is 0 Å². The third kappa shape index (κ3) is 4.01. The first kappa shape index (κ1) is 17.9. The van der Waals surface area contributed by atoms with Crippen LogP contribution in [0, 0.1) is 13.8 Å². The molecule has 0 atom stereocenters. The van der Waals surface area contributed by atoms with E-state index >= 15 is 0 Å². The summed E-state index contributed by atoms with van der Waals surface area (Å²) < 4.78 is 0. The van der Waals surface area contributed by atoms with Gasteiger partial charge in [-0.3, -0.25) is 19.6 Å². The minimum Gasteiger partial charge on any atom is -0.370 e. The number of amides is 1. The van der Waals surface area contributed by atoms with Gasteiger partial charge < -0.3 is 14.8 Å². The van der Waals surface area contributed by atoms with E-state index in [1.54, 1.807) is 18.0 Å². The number of aromatic amines is 2. The van der Waals surface area contributed by atoms with Crippen molar-refractivity contribution in [2.45, 2.75) is 26.7 Å². The van der Waals surface area contributed by atoms with E-state index in [-0.39, 0.29) is 12.3 Å². The van der Waals surface area contributed by atoms with Crippen molar-refractivity contribution in [3.63, 3.8) is 0 Å². The Hall–Kier alpha value is -2.90. The van der Waals surface area contributed by atoms with Crippen LogP contribution in [0.3, 0.4) is 0 Å². The number of hydrogen-bond donors (Lipinski definition) is 2. The molecule has 0 bridgehead atoms. The van der Waals surface area contributed by atoms with Crippen LogP contribution in [0.4, 0.5) is 5.69 Å². The first-order chi connectivity index (χ1) is 12.4. The van der Waals surface area contributed by atoms with Crippen LogP contribution < -0.4 is 16.1 Å². The average Bonchev–Trinajstić information content (AvgIpc) is 2.84. The molecule has 0 saturated carbocycles. The molecule has 0 radical (unpaired) electrons. The number of anilines is 1. The zero-order valence-electron chi connectivity index (χ0n) is 15.0. The fourth-order valence-corrected chi connectivity index (χ4v) is 3.25. The lowest BCUT2D eigenvalue weighted by Crippen LogP contribution is -2.38. The lowest BCUT2D eigenvalue weighted by atomic mass is 10.1. The van der Waals surface area contributed by atoms with E-state index in [2.05, 4.69) is 19.9 Å². The highest BCUT2D eigenvalue weighted by Gasteiger charge is 2.21. The third-order valence-corrected chi connectivity index (χ3v) is 4.68. The number of hydrogen-bond acceptors (Lipinski definition) is 5. The van der Waals surface area contributed by atoms with E-state index in [1.165, 1.54) is 0 Å². The van der Waals surface area contributed by atoms with Crippen molar-refractivity contribution < 1.29 is 4.79 Å². The van der Waals surface area contributed by atoms with Gasteiger partial charge in [0, 0.05) is 55.0 Å². The molecule has 2 aromatic rings. The predicted molar refractivity (Wildman–Crippen MR) is 98.5 cm³/mol. The Kier molecular flexibility index (Phi) is 5.20. The number of carbonyl (C=O) groups is 1. The Bertz CT molecular complexity index is 918. The van der Waals surface area contributed by atoms with Crippen molar-refractivity contribution in [1.29, 1.82) is 0 Å². The molecule has 0 aromatic carbocycles. The molecular weight excluding hydrogens is 334 g/mol. The number of aromatic nitrogens is 3. The summed E-state index contributed by atoms with van der Waals surface area (Å²) >= 11 is 0. The quantitative estimate of drug-likeness (QED) is 0.826. The van der Waals surface area contributed by atoms with Crippen LogP contribution in [0.25, 0.3) is 0 Å². The molecule has 0 unspecified atom stereocenters. The molecule has 0 spiro atoms. The van der Waals surface area contributed by atoms with E-state index in [4.69, 9.17) is 0 Å². The zero-order valence-corrected chi connectivity index (χ0v) is 15.0. The van der Waals surface area contributed by atoms with Crippen LogP contribution in [0.15, 0.2) is 27.9 Å². The summed E-state index contributed by atoms with van der Waals surface area (Å²) in [6, 6.07) is 4.02. The Morgan fingerprint density at radius 3 is 2.69 bits per heavy atom. The van der Waals surface area contributed by atoms with Gasteiger partial charge >= 0.3 is 5.69 Å². The molecule has 1 amide bonds. The normalized spacial score (nSPS) is 15.0. The third-order valence-electron chi connectivity index (χ3n) is 4.68. The molecule has 0 aliphatic carbocycles. The van der Waals surface area contributed by atoms with Crippen molar-refractivity contribution in [1.82, 2.24) is 19.9 Å². The molecule has 3 heterocycles. The molecule has 8 nitrogen and oxygen atoms in total. The van der Waals surface area contributed by atoms with E-state index in [0.717, 1.165) is 30.9 Å². The van der Waals surface area contributed by atoms with Crippen LogP contribution in [-0.4, -0.2) is 51.9 Å². The summed E-state index contributed by atoms with van der Waals surface area (Å²) in [5.74, 6) is -0.0987. The standard InChI is InChI=1S/C18H23N5O3/c1-12-10-14(4-5-19-12)22-6-3-7-23(9-8-22)16(24)11-15-13(2)20-18(26)21-17(15)25/h4-5,10H,3,6-9,11H2,1-2H3,(H2,20,21,25,26). The Balaban J connectivity index is 1.68. The van der Waals surface area contributed by atoms with Crippen molar-refractivity contribution >= 4 is 11.6 Å². The maximum absolute atomic E-state index is 12.7. The number of nitrogens with one attached hydrogen (secondary N) is 2. The van der Waals surface area contributed by atoms with E-state index < -0.39 is 11.2 Å². The van der Waals surface area contributed by atoms with Crippen molar-refractivity contribution in [2.75, 3.05) is 31.1 Å². The molecule has 1 aliphatic rings. The molecule has 1 saturated heterocycles. The van der Waals surface area contributed by atoms with E-state index in [9.17, 15) is 14.4 Å². The highest BCUT2D eigenvalue weighted by Crippen LogP contribution is 2.17. The SMILES string of the molecule is Cc1cc(N2CCCN(C(=O)Cc3c(C)[nH]c(=O)[nH]c3=O)CC2)ccn1. The van der Waals surface area contributed by atoms with Gasteiger partial charge in [0.15, 0.2) is 0 Å². The highest BCUT2D eigenvalue weighted by atomic mass is 16.2. The van der Waals surface area contributed by atoms with Gasteiger partial charge in [-0.15, -0.1) is 0 Å². The minimum absolute atomic E-state index is 0.00763. The van der Waals surface area contributed by atoms with E-state index in [1.807, 2.05) is 19.1 Å². The minimum atomic E-state index is -0.554. The maximum atomic E-state index is 12.7. The second-order valence-electron chi connectivity index (χ2n) is 6.57. The number of rotatable bonds is 3. The van der Waals surface area contributed by atoms with Crippen molar-refractivity contribution in [2.24, 2.45) is 0 Å². The van der Waals surface area contributed by atoms with Gasteiger partial charge in [0.25, 0.3) is 5.56 Å². The largest absolute Gasteiger partial charge is 0.370 e. The topological polar surface area (TPSA) is 102 Å². The average molecular weight is 357 g/mol. The summed E-state index contributed by atoms with van der Waals surface area (Å²) in [6.07, 6.45) is 2.64. The van der Waals surface area contributed by atoms with Gasteiger partial charge in [0.1, 0.15) is 0 Å². The molecule has 138 valence electrons. The van der Waals surface area contributed by atoms with Gasteiger partial charge in [-0.25, -0.2) is 4.79 Å². The van der Waals surface area contributed by atoms with Crippen LogP contribution >= 0.6 is 0 Å². The fraction of sp³-hybridized carbons (Fsp3) is 0.444. The van der Waals surface area contributed by atoms with Crippen LogP contribution in [-0.2, 0) is 11.2 Å². The molecule has 2 aromatic heterocycles. The lowest BCUT2D eigenvalue weighted by molar-refractivity contribution is -0.130. The van der Waals surface area contributed by atoms with E-state index in [0.29, 0.717) is 24.3 Å². The number of nitrogens with zero attached hydrogens (tertiary/aromatic N) is 3. The summed E-state index contributed by atoms with van der Waals surface area (Å²) in [7, 11) is 0. The number of H-pyrrole nitrogens is 2. The molecular formula is C18H23N5O3. The molecule has 1 aliphatic heterocycles. The Morgan fingerprint density at radius 2 is 1.96 bits per heavy atom. The van der Waals surface area contributed by atoms with Gasteiger partial charge in [0.2, 0.25) is 5.91 Å². The predicted octanol–water partition coefficient (Wildman–Crippen LogP) is 0.356. The molecule has 26 heavy (non-hydrogen) atoms. The van der Waals surface area contributed by atoms with Gasteiger partial charge in [-0.2, -0.15) is 0 Å². The van der Waals surface area contributed by atoms with Crippen LogP contribution in [0.2, 0.25) is 0 Å². The summed E-state index contributed by atoms with van der Waals surface area (Å²) in [4.78, 5) is 48.9. The first-order valence-corrected chi connectivity index (χ1v) is 8.71. The monoisotopic (exact) mass is 357 g/mol. The number of carbonyl (C=O) groups excluding carboxylic acids is 1. The summed E-state index contributed by atoms with van der Waals surface area (Å²) in [5, 5.41) is 0. The van der Waals surface area contributed by atoms with Gasteiger partial charge in [0.05, 0.1) is 6.42 Å². The molecule has 2 N–H and O–H groups in total. The summed E-state index contributed by atoms with van der Waals surface area (Å²) in [5.41, 5.74) is 1.79. The summed E-state index contributed by atoms with van der Waals surface area (Å²) in [6.45, 7) is 6.44. The molecule has 1 fully saturated rings. The van der Waals surface area contributed by atoms with Crippen LogP contribution in [0.1, 0.15) is 23.4 Å². The molecule has 8 heteroatoms. The highest BCUT2D eigenvalue weighted by molar-refractivity contribution is 5.79. The zero-order chi connectivity index (χ0) is 18.7. The maximum Gasteiger partial charge on any atom is 0.325 e. The van der Waals surface area contributed by atoms with Crippen molar-refractivity contribution in [3.8, 4) is 0 Å².